The van der Waals surface area contributed by atoms with Gasteiger partial charge in [-0.2, -0.15) is 0 Å². The summed E-state index contributed by atoms with van der Waals surface area (Å²) in [5.41, 5.74) is 2.75. The monoisotopic (exact) mass is 155 g/mol. The van der Waals surface area contributed by atoms with Crippen LogP contribution in [0.4, 0.5) is 0 Å². The Labute approximate surface area is 66.0 Å². The van der Waals surface area contributed by atoms with Crippen LogP contribution in [0.3, 0.4) is 0 Å². The maximum absolute atomic E-state index is 5.16. The smallest absolute Gasteiger partial charge is 0.213 e. The number of aliphatic imine (C=N–C) groups is 1. The molecule has 0 aromatic carbocycles. The summed E-state index contributed by atoms with van der Waals surface area (Å²) in [4.78, 5) is 9.38. The predicted octanol–water partition coefficient (Wildman–Crippen LogP) is -0.123. The molecule has 2 N–H and O–H groups in total. The first-order chi connectivity index (χ1) is 5.47. The standard InChI is InChI=1S/C7H13N3O/c1-3-8-4-2-6(1)7-9-5-10-11-7/h6,8,10H,1-5H2. The van der Waals surface area contributed by atoms with Crippen LogP contribution in [0.25, 0.3) is 0 Å². The molecule has 11 heavy (non-hydrogen) atoms. The average molecular weight is 155 g/mol. The number of piperidine rings is 1. The molecule has 4 heteroatoms. The number of hydrogen-bond donors (Lipinski definition) is 2. The molecule has 0 amide bonds. The zero-order valence-electron chi connectivity index (χ0n) is 6.47. The fraction of sp³-hybridized carbons (Fsp3) is 0.857. The first-order valence-corrected chi connectivity index (χ1v) is 4.11. The van der Waals surface area contributed by atoms with Gasteiger partial charge in [0.1, 0.15) is 6.67 Å². The van der Waals surface area contributed by atoms with Crippen molar-refractivity contribution in [2.45, 2.75) is 12.8 Å². The molecule has 2 rings (SSSR count). The highest BCUT2D eigenvalue weighted by molar-refractivity contribution is 5.79. The molecule has 62 valence electrons. The van der Waals surface area contributed by atoms with Crippen molar-refractivity contribution in [2.75, 3.05) is 19.8 Å². The van der Waals surface area contributed by atoms with Gasteiger partial charge in [0.15, 0.2) is 0 Å². The first kappa shape index (κ1) is 7.06. The van der Waals surface area contributed by atoms with Gasteiger partial charge in [-0.05, 0) is 25.9 Å². The number of nitrogens with one attached hydrogen (secondary N) is 2. The van der Waals surface area contributed by atoms with Crippen LogP contribution in [0.2, 0.25) is 0 Å². The normalized spacial score (nSPS) is 26.4. The summed E-state index contributed by atoms with van der Waals surface area (Å²) < 4.78 is 0. The van der Waals surface area contributed by atoms with Crippen LogP contribution in [0.1, 0.15) is 12.8 Å². The lowest BCUT2D eigenvalue weighted by molar-refractivity contribution is 0.194. The van der Waals surface area contributed by atoms with Crippen molar-refractivity contribution in [3.05, 3.63) is 0 Å². The van der Waals surface area contributed by atoms with Gasteiger partial charge in [0.05, 0.1) is 0 Å². The average Bonchev–Trinajstić information content (AvgIpc) is 2.58. The minimum Gasteiger partial charge on any atom is -0.391 e. The molecule has 0 aliphatic carbocycles. The minimum atomic E-state index is 0.547. The van der Waals surface area contributed by atoms with Crippen molar-refractivity contribution in [3.8, 4) is 0 Å². The van der Waals surface area contributed by atoms with E-state index in [-0.39, 0.29) is 0 Å². The number of hydroxylamine groups is 1. The van der Waals surface area contributed by atoms with Crippen LogP contribution in [0, 0.1) is 5.92 Å². The van der Waals surface area contributed by atoms with Gasteiger partial charge in [-0.1, -0.05) is 0 Å². The Morgan fingerprint density at radius 3 is 2.82 bits per heavy atom. The van der Waals surface area contributed by atoms with Gasteiger partial charge in [-0.25, -0.2) is 4.99 Å². The molecule has 0 spiro atoms. The Morgan fingerprint density at radius 2 is 2.18 bits per heavy atom. The molecule has 0 bridgehead atoms. The van der Waals surface area contributed by atoms with Gasteiger partial charge in [0, 0.05) is 5.92 Å². The van der Waals surface area contributed by atoms with Crippen LogP contribution in [-0.2, 0) is 4.84 Å². The lowest BCUT2D eigenvalue weighted by Gasteiger charge is -2.20. The van der Waals surface area contributed by atoms with Crippen LogP contribution >= 0.6 is 0 Å². The van der Waals surface area contributed by atoms with E-state index in [1.54, 1.807) is 0 Å². The summed E-state index contributed by atoms with van der Waals surface area (Å²) in [6.45, 7) is 2.80. The molecule has 2 aliphatic heterocycles. The zero-order chi connectivity index (χ0) is 7.52. The van der Waals surface area contributed by atoms with Gasteiger partial charge in [0.2, 0.25) is 5.90 Å². The minimum absolute atomic E-state index is 0.547. The maximum atomic E-state index is 5.16. The van der Waals surface area contributed by atoms with Gasteiger partial charge >= 0.3 is 0 Å². The Kier molecular flexibility index (Phi) is 2.05. The third kappa shape index (κ3) is 1.52. The molecule has 0 unspecified atom stereocenters. The molecular weight excluding hydrogens is 142 g/mol. The molecular formula is C7H13N3O. The van der Waals surface area contributed by atoms with E-state index in [9.17, 15) is 0 Å². The lowest BCUT2D eigenvalue weighted by Crippen LogP contribution is -2.32. The topological polar surface area (TPSA) is 45.7 Å². The number of hydrogen-bond acceptors (Lipinski definition) is 4. The Morgan fingerprint density at radius 1 is 1.36 bits per heavy atom. The van der Waals surface area contributed by atoms with E-state index >= 15 is 0 Å². The van der Waals surface area contributed by atoms with Crippen molar-refractivity contribution in [3.63, 3.8) is 0 Å². The molecule has 0 radical (unpaired) electrons. The van der Waals surface area contributed by atoms with Gasteiger partial charge in [0.25, 0.3) is 0 Å². The van der Waals surface area contributed by atoms with Crippen LogP contribution in [0.5, 0.6) is 0 Å². The molecule has 0 aromatic rings. The molecule has 1 saturated heterocycles. The van der Waals surface area contributed by atoms with Crippen LogP contribution < -0.4 is 10.8 Å². The van der Waals surface area contributed by atoms with Crippen LogP contribution in [0.15, 0.2) is 4.99 Å². The van der Waals surface area contributed by atoms with E-state index < -0.39 is 0 Å². The van der Waals surface area contributed by atoms with E-state index in [2.05, 4.69) is 15.8 Å². The summed E-state index contributed by atoms with van der Waals surface area (Å²) in [6, 6.07) is 0. The molecule has 0 atom stereocenters. The Bertz CT molecular complexity index is 163. The van der Waals surface area contributed by atoms with Crippen LogP contribution in [-0.4, -0.2) is 25.7 Å². The van der Waals surface area contributed by atoms with Crippen molar-refractivity contribution >= 4 is 5.90 Å². The second-order valence-electron chi connectivity index (χ2n) is 2.93. The highest BCUT2D eigenvalue weighted by atomic mass is 16.7. The highest BCUT2D eigenvalue weighted by Gasteiger charge is 2.22. The summed E-state index contributed by atoms with van der Waals surface area (Å²) >= 11 is 0. The molecule has 0 saturated carbocycles. The van der Waals surface area contributed by atoms with Crippen molar-refractivity contribution in [2.24, 2.45) is 10.9 Å². The predicted molar refractivity (Wildman–Crippen MR) is 42.1 cm³/mol. The van der Waals surface area contributed by atoms with E-state index in [0.717, 1.165) is 31.8 Å². The SMILES string of the molecule is C1CC(C2=NCNO2)CCN1. The maximum Gasteiger partial charge on any atom is 0.213 e. The van der Waals surface area contributed by atoms with Crippen molar-refractivity contribution < 1.29 is 4.84 Å². The molecule has 0 aromatic heterocycles. The molecule has 2 heterocycles. The highest BCUT2D eigenvalue weighted by Crippen LogP contribution is 2.15. The first-order valence-electron chi connectivity index (χ1n) is 4.11. The summed E-state index contributed by atoms with van der Waals surface area (Å²) in [5.74, 6) is 1.46. The van der Waals surface area contributed by atoms with E-state index in [0.29, 0.717) is 12.6 Å². The summed E-state index contributed by atoms with van der Waals surface area (Å²) in [5, 5.41) is 3.31. The fourth-order valence-corrected chi connectivity index (χ4v) is 1.53. The molecule has 2 aliphatic rings. The van der Waals surface area contributed by atoms with Crippen molar-refractivity contribution in [1.82, 2.24) is 10.8 Å². The van der Waals surface area contributed by atoms with Gasteiger partial charge < -0.3 is 10.2 Å². The Balaban J connectivity index is 1.92. The zero-order valence-corrected chi connectivity index (χ0v) is 6.47. The van der Waals surface area contributed by atoms with E-state index in [4.69, 9.17) is 4.84 Å². The summed E-state index contributed by atoms with van der Waals surface area (Å²) in [7, 11) is 0. The summed E-state index contributed by atoms with van der Waals surface area (Å²) in [6.07, 6.45) is 2.31. The largest absolute Gasteiger partial charge is 0.391 e. The van der Waals surface area contributed by atoms with Gasteiger partial charge in [-0.3, -0.25) is 0 Å². The third-order valence-electron chi connectivity index (χ3n) is 2.16. The number of nitrogens with zero attached hydrogens (tertiary/aromatic N) is 1. The van der Waals surface area contributed by atoms with E-state index in [1.165, 1.54) is 0 Å². The molecule has 1 fully saturated rings. The Hall–Kier alpha value is -0.610. The fourth-order valence-electron chi connectivity index (χ4n) is 1.53. The number of rotatable bonds is 1. The third-order valence-corrected chi connectivity index (χ3v) is 2.16. The molecule has 4 nitrogen and oxygen atoms in total. The van der Waals surface area contributed by atoms with E-state index in [1.807, 2.05) is 0 Å². The van der Waals surface area contributed by atoms with Gasteiger partial charge in [-0.15, -0.1) is 5.48 Å². The second-order valence-corrected chi connectivity index (χ2v) is 2.93. The lowest BCUT2D eigenvalue weighted by atomic mass is 9.98. The second kappa shape index (κ2) is 3.19. The van der Waals surface area contributed by atoms with Crippen molar-refractivity contribution in [1.29, 1.82) is 0 Å². The quantitative estimate of drug-likeness (QED) is 0.555.